The van der Waals surface area contributed by atoms with E-state index in [0.717, 1.165) is 31.7 Å². The lowest BCUT2D eigenvalue weighted by molar-refractivity contribution is 0.102. The molecule has 0 saturated carbocycles. The van der Waals surface area contributed by atoms with Crippen LogP contribution in [0.1, 0.15) is 23.3 Å². The number of aromatic nitrogens is 2. The number of nitrogens with one attached hydrogen (secondary N) is 1. The molecule has 0 bridgehead atoms. The van der Waals surface area contributed by atoms with Crippen LogP contribution in [0.5, 0.6) is 0 Å². The highest BCUT2D eigenvalue weighted by Crippen LogP contribution is 2.16. The summed E-state index contributed by atoms with van der Waals surface area (Å²) in [4.78, 5) is 22.5. The first kappa shape index (κ1) is 13.5. The molecule has 1 amide bonds. The number of benzene rings is 1. The van der Waals surface area contributed by atoms with Crippen LogP contribution in [0.25, 0.3) is 0 Å². The number of amides is 1. The summed E-state index contributed by atoms with van der Waals surface area (Å²) in [6.07, 6.45) is 5.36. The lowest BCUT2D eigenvalue weighted by Crippen LogP contribution is -2.20. The molecule has 1 aliphatic rings. The molecule has 0 unspecified atom stereocenters. The van der Waals surface area contributed by atoms with E-state index in [-0.39, 0.29) is 5.69 Å². The van der Waals surface area contributed by atoms with E-state index in [1.807, 2.05) is 0 Å². The Morgan fingerprint density at radius 3 is 2.67 bits per heavy atom. The minimum Gasteiger partial charge on any atom is -0.355 e. The summed E-state index contributed by atoms with van der Waals surface area (Å²) in [6, 6.07) is 5.73. The van der Waals surface area contributed by atoms with E-state index in [1.165, 1.54) is 24.4 Å². The SMILES string of the molecule is O=C(Nc1cccc(F)c1)c1cnc(N2CCCC2)cn1. The minimum absolute atomic E-state index is 0.210. The summed E-state index contributed by atoms with van der Waals surface area (Å²) in [6.45, 7) is 1.95. The van der Waals surface area contributed by atoms with Gasteiger partial charge in [-0.2, -0.15) is 0 Å². The van der Waals surface area contributed by atoms with Gasteiger partial charge in [-0.05, 0) is 31.0 Å². The molecule has 1 aliphatic heterocycles. The summed E-state index contributed by atoms with van der Waals surface area (Å²) >= 11 is 0. The number of nitrogens with zero attached hydrogens (tertiary/aromatic N) is 3. The number of hydrogen-bond donors (Lipinski definition) is 1. The number of carbonyl (C=O) groups excluding carboxylic acids is 1. The zero-order valence-corrected chi connectivity index (χ0v) is 11.4. The van der Waals surface area contributed by atoms with Crippen LogP contribution in [0.2, 0.25) is 0 Å². The van der Waals surface area contributed by atoms with Crippen molar-refractivity contribution >= 4 is 17.4 Å². The highest BCUT2D eigenvalue weighted by Gasteiger charge is 2.15. The normalized spacial score (nSPS) is 14.2. The topological polar surface area (TPSA) is 58.1 Å². The molecule has 108 valence electrons. The summed E-state index contributed by atoms with van der Waals surface area (Å²) < 4.78 is 13.1. The van der Waals surface area contributed by atoms with Crippen molar-refractivity contribution in [3.8, 4) is 0 Å². The third kappa shape index (κ3) is 3.16. The highest BCUT2D eigenvalue weighted by atomic mass is 19.1. The summed E-state index contributed by atoms with van der Waals surface area (Å²) in [7, 11) is 0. The molecule has 1 N–H and O–H groups in total. The first-order valence-corrected chi connectivity index (χ1v) is 6.86. The van der Waals surface area contributed by atoms with Gasteiger partial charge in [0, 0.05) is 18.8 Å². The van der Waals surface area contributed by atoms with E-state index in [2.05, 4.69) is 20.2 Å². The van der Waals surface area contributed by atoms with E-state index >= 15 is 0 Å². The smallest absolute Gasteiger partial charge is 0.275 e. The fraction of sp³-hybridized carbons (Fsp3) is 0.267. The Balaban J connectivity index is 1.70. The molecule has 21 heavy (non-hydrogen) atoms. The Bertz CT molecular complexity index is 638. The van der Waals surface area contributed by atoms with Gasteiger partial charge in [-0.3, -0.25) is 4.79 Å². The molecule has 0 radical (unpaired) electrons. The number of rotatable bonds is 3. The van der Waals surface area contributed by atoms with Crippen LogP contribution in [0.15, 0.2) is 36.7 Å². The minimum atomic E-state index is -0.402. The van der Waals surface area contributed by atoms with Gasteiger partial charge >= 0.3 is 0 Å². The Hall–Kier alpha value is -2.50. The fourth-order valence-electron chi connectivity index (χ4n) is 2.31. The second-order valence-corrected chi connectivity index (χ2v) is 4.92. The molecule has 6 heteroatoms. The number of anilines is 2. The van der Waals surface area contributed by atoms with Gasteiger partial charge in [0.2, 0.25) is 0 Å². The van der Waals surface area contributed by atoms with Crippen molar-refractivity contribution in [1.82, 2.24) is 9.97 Å². The zero-order valence-electron chi connectivity index (χ0n) is 11.4. The van der Waals surface area contributed by atoms with Crippen LogP contribution in [0, 0.1) is 5.82 Å². The lowest BCUT2D eigenvalue weighted by atomic mass is 10.3. The van der Waals surface area contributed by atoms with E-state index in [1.54, 1.807) is 12.3 Å². The van der Waals surface area contributed by atoms with Crippen LogP contribution >= 0.6 is 0 Å². The van der Waals surface area contributed by atoms with Crippen molar-refractivity contribution in [1.29, 1.82) is 0 Å². The molecule has 1 aromatic heterocycles. The van der Waals surface area contributed by atoms with Gasteiger partial charge < -0.3 is 10.2 Å². The third-order valence-electron chi connectivity index (χ3n) is 3.38. The molecular formula is C15H15FN4O. The van der Waals surface area contributed by atoms with Crippen molar-refractivity contribution < 1.29 is 9.18 Å². The second-order valence-electron chi connectivity index (χ2n) is 4.92. The number of carbonyl (C=O) groups is 1. The lowest BCUT2D eigenvalue weighted by Gasteiger charge is -2.15. The maximum Gasteiger partial charge on any atom is 0.275 e. The standard InChI is InChI=1S/C15H15FN4O/c16-11-4-3-5-12(8-11)19-15(21)13-9-18-14(10-17-13)20-6-1-2-7-20/h3-5,8-10H,1-2,6-7H2,(H,19,21). The second kappa shape index (κ2) is 5.87. The van der Waals surface area contributed by atoms with E-state index in [4.69, 9.17) is 0 Å². The molecule has 1 saturated heterocycles. The van der Waals surface area contributed by atoms with Crippen LogP contribution in [-0.4, -0.2) is 29.0 Å². The van der Waals surface area contributed by atoms with Gasteiger partial charge in [0.1, 0.15) is 17.3 Å². The summed E-state index contributed by atoms with van der Waals surface area (Å²) in [5.74, 6) is -0.0147. The van der Waals surface area contributed by atoms with Gasteiger partial charge in [-0.1, -0.05) is 6.07 Å². The molecule has 0 spiro atoms. The third-order valence-corrected chi connectivity index (χ3v) is 3.38. The molecule has 2 aromatic rings. The maximum atomic E-state index is 13.1. The molecule has 1 fully saturated rings. The van der Waals surface area contributed by atoms with Gasteiger partial charge in [0.25, 0.3) is 5.91 Å². The molecule has 1 aromatic carbocycles. The first-order valence-electron chi connectivity index (χ1n) is 6.86. The molecule has 2 heterocycles. The summed E-state index contributed by atoms with van der Waals surface area (Å²) in [5.41, 5.74) is 0.604. The monoisotopic (exact) mass is 286 g/mol. The fourth-order valence-corrected chi connectivity index (χ4v) is 2.31. The molecule has 0 atom stereocenters. The van der Waals surface area contributed by atoms with Gasteiger partial charge in [0.05, 0.1) is 12.4 Å². The zero-order chi connectivity index (χ0) is 14.7. The highest BCUT2D eigenvalue weighted by molar-refractivity contribution is 6.02. The van der Waals surface area contributed by atoms with Gasteiger partial charge in [-0.15, -0.1) is 0 Å². The number of hydrogen-bond acceptors (Lipinski definition) is 4. The van der Waals surface area contributed by atoms with Crippen LogP contribution < -0.4 is 10.2 Å². The van der Waals surface area contributed by atoms with E-state index in [0.29, 0.717) is 5.69 Å². The average Bonchev–Trinajstić information content (AvgIpc) is 3.01. The summed E-state index contributed by atoms with van der Waals surface area (Å²) in [5, 5.41) is 2.59. The Labute approximate surface area is 121 Å². The Morgan fingerprint density at radius 1 is 1.19 bits per heavy atom. The van der Waals surface area contributed by atoms with Crippen LogP contribution in [-0.2, 0) is 0 Å². The average molecular weight is 286 g/mol. The molecule has 0 aliphatic carbocycles. The maximum absolute atomic E-state index is 13.1. The largest absolute Gasteiger partial charge is 0.355 e. The Morgan fingerprint density at radius 2 is 2.00 bits per heavy atom. The van der Waals surface area contributed by atoms with Crippen LogP contribution in [0.4, 0.5) is 15.9 Å². The Kier molecular flexibility index (Phi) is 3.77. The van der Waals surface area contributed by atoms with Gasteiger partial charge in [0.15, 0.2) is 0 Å². The van der Waals surface area contributed by atoms with Gasteiger partial charge in [-0.25, -0.2) is 14.4 Å². The molecular weight excluding hydrogens is 271 g/mol. The van der Waals surface area contributed by atoms with Crippen LogP contribution in [0.3, 0.4) is 0 Å². The number of halogens is 1. The molecule has 3 rings (SSSR count). The van der Waals surface area contributed by atoms with Crippen molar-refractivity contribution in [3.63, 3.8) is 0 Å². The van der Waals surface area contributed by atoms with Crippen molar-refractivity contribution in [2.24, 2.45) is 0 Å². The van der Waals surface area contributed by atoms with E-state index < -0.39 is 11.7 Å². The van der Waals surface area contributed by atoms with Crippen molar-refractivity contribution in [2.45, 2.75) is 12.8 Å². The predicted molar refractivity (Wildman–Crippen MR) is 77.8 cm³/mol. The quantitative estimate of drug-likeness (QED) is 0.941. The van der Waals surface area contributed by atoms with E-state index in [9.17, 15) is 9.18 Å². The predicted octanol–water partition coefficient (Wildman–Crippen LogP) is 2.47. The van der Waals surface area contributed by atoms with Crippen molar-refractivity contribution in [2.75, 3.05) is 23.3 Å². The first-order chi connectivity index (χ1) is 10.2. The molecule has 5 nitrogen and oxygen atoms in total. The van der Waals surface area contributed by atoms with Crippen molar-refractivity contribution in [3.05, 3.63) is 48.2 Å².